The minimum atomic E-state index is -4.19. The summed E-state index contributed by atoms with van der Waals surface area (Å²) in [7, 11) is -4.19. The van der Waals surface area contributed by atoms with Gasteiger partial charge in [0.15, 0.2) is 12.2 Å². The predicted molar refractivity (Wildman–Crippen MR) is 134 cm³/mol. The fraction of sp³-hybridized carbons (Fsp3) is 0.318. The van der Waals surface area contributed by atoms with E-state index in [9.17, 15) is 33.3 Å². The molecule has 2 atom stereocenters. The number of carbonyl (C=O) groups is 2. The van der Waals surface area contributed by atoms with Crippen molar-refractivity contribution in [2.24, 2.45) is 5.73 Å². The molecule has 12 nitrogen and oxygen atoms in total. The van der Waals surface area contributed by atoms with Crippen LogP contribution in [0.2, 0.25) is 0 Å². The zero-order valence-electron chi connectivity index (χ0n) is 19.4. The highest BCUT2D eigenvalue weighted by molar-refractivity contribution is 7.89. The van der Waals surface area contributed by atoms with Crippen molar-refractivity contribution in [1.82, 2.24) is 4.72 Å². The number of aliphatic hydroxyl groups excluding tert-OH is 2. The number of halogens is 1. The number of nitrogens with one attached hydrogen (secondary N) is 3. The van der Waals surface area contributed by atoms with Gasteiger partial charge in [0.2, 0.25) is 10.0 Å². The van der Waals surface area contributed by atoms with Crippen LogP contribution >= 0.6 is 12.4 Å². The Balaban J connectivity index is 0.00000648. The zero-order chi connectivity index (χ0) is 26.5. The monoisotopic (exact) mass is 544 g/mol. The van der Waals surface area contributed by atoms with E-state index in [4.69, 9.17) is 16.2 Å². The van der Waals surface area contributed by atoms with E-state index in [1.807, 2.05) is 13.8 Å². The van der Waals surface area contributed by atoms with Gasteiger partial charge in [-0.05, 0) is 47.7 Å². The second kappa shape index (κ2) is 12.6. The highest BCUT2D eigenvalue weighted by atomic mass is 35.5. The van der Waals surface area contributed by atoms with Crippen molar-refractivity contribution in [1.29, 1.82) is 5.41 Å². The normalized spacial score (nSPS) is 12.9. The summed E-state index contributed by atoms with van der Waals surface area (Å²) < 4.78 is 27.7. The molecule has 0 aliphatic carbocycles. The number of benzene rings is 2. The van der Waals surface area contributed by atoms with E-state index in [-0.39, 0.29) is 48.4 Å². The molecule has 0 radical (unpaired) electrons. The van der Waals surface area contributed by atoms with E-state index in [1.165, 1.54) is 6.07 Å². The van der Waals surface area contributed by atoms with E-state index in [1.54, 1.807) is 18.2 Å². The average Bonchev–Trinajstić information content (AvgIpc) is 2.78. The first-order valence-corrected chi connectivity index (χ1v) is 11.9. The maximum atomic E-state index is 12.7. The lowest BCUT2D eigenvalue weighted by atomic mass is 9.98. The summed E-state index contributed by atoms with van der Waals surface area (Å²) in [6.45, 7) is 3.65. The van der Waals surface area contributed by atoms with Gasteiger partial charge in [0.1, 0.15) is 16.5 Å². The number of carbonyl (C=O) groups excluding carboxylic acids is 1. The van der Waals surface area contributed by atoms with Gasteiger partial charge in [0.05, 0.1) is 0 Å². The molecule has 0 aliphatic rings. The molecule has 0 aliphatic heterocycles. The van der Waals surface area contributed by atoms with Crippen LogP contribution in [0.15, 0.2) is 41.3 Å². The number of amidine groups is 1. The number of anilines is 1. The number of phenols is 1. The molecule has 9 N–H and O–H groups in total. The lowest BCUT2D eigenvalue weighted by molar-refractivity contribution is -0.156. The number of amides is 1. The largest absolute Gasteiger partial charge is 0.507 e. The van der Waals surface area contributed by atoms with Gasteiger partial charge >= 0.3 is 5.97 Å². The molecule has 1 amide bonds. The molecular weight excluding hydrogens is 516 g/mol. The summed E-state index contributed by atoms with van der Waals surface area (Å²) in [5.74, 6) is -3.75. The molecule has 2 aromatic carbocycles. The van der Waals surface area contributed by atoms with Crippen LogP contribution in [0.1, 0.15) is 36.5 Å². The quantitative estimate of drug-likeness (QED) is 0.145. The number of sulfonamides is 1. The van der Waals surface area contributed by atoms with Crippen molar-refractivity contribution in [2.75, 3.05) is 11.9 Å². The molecular formula is C22H29ClN4O8S. The molecule has 0 saturated carbocycles. The molecule has 0 fully saturated rings. The Morgan fingerprint density at radius 1 is 1.08 bits per heavy atom. The Hall–Kier alpha value is -3.23. The lowest BCUT2D eigenvalue weighted by Gasteiger charge is -2.18. The Bertz CT molecular complexity index is 1240. The summed E-state index contributed by atoms with van der Waals surface area (Å²) in [5, 5.41) is 47.8. The first-order chi connectivity index (χ1) is 16.2. The minimum absolute atomic E-state index is 0. The SMILES string of the molecule is CC(C)c1ccc(CCNS(=O)(=O)c2cc(C(=N)N)ccc2O)c(NC(=O)C(O)C(O)C(=O)O)c1.Cl. The number of aliphatic carboxylic acids is 1. The number of nitrogen functional groups attached to an aromatic ring is 1. The van der Waals surface area contributed by atoms with Crippen LogP contribution in [0, 0.1) is 5.41 Å². The van der Waals surface area contributed by atoms with Gasteiger partial charge in [0.25, 0.3) is 5.91 Å². The van der Waals surface area contributed by atoms with E-state index in [0.29, 0.717) is 5.56 Å². The van der Waals surface area contributed by atoms with Crippen molar-refractivity contribution in [3.8, 4) is 5.75 Å². The number of carboxylic acid groups (broad SMARTS) is 1. The van der Waals surface area contributed by atoms with Crippen molar-refractivity contribution >= 4 is 45.8 Å². The zero-order valence-corrected chi connectivity index (χ0v) is 21.1. The fourth-order valence-corrected chi connectivity index (χ4v) is 4.22. The third-order valence-electron chi connectivity index (χ3n) is 5.13. The molecule has 0 heterocycles. The number of nitrogens with two attached hydrogens (primary N) is 1. The van der Waals surface area contributed by atoms with Crippen molar-refractivity contribution < 1.29 is 38.4 Å². The van der Waals surface area contributed by atoms with Gasteiger partial charge < -0.3 is 31.5 Å². The molecule has 0 saturated heterocycles. The molecule has 0 aromatic heterocycles. The number of hydrogen-bond acceptors (Lipinski definition) is 8. The third kappa shape index (κ3) is 7.63. The molecule has 14 heteroatoms. The Labute approximate surface area is 214 Å². The molecule has 36 heavy (non-hydrogen) atoms. The molecule has 2 rings (SSSR count). The van der Waals surface area contributed by atoms with E-state index in [2.05, 4.69) is 10.0 Å². The van der Waals surface area contributed by atoms with Crippen LogP contribution < -0.4 is 15.8 Å². The van der Waals surface area contributed by atoms with Gasteiger partial charge in [-0.3, -0.25) is 10.2 Å². The van der Waals surface area contributed by atoms with Crippen LogP contribution in [0.5, 0.6) is 5.75 Å². The molecule has 2 unspecified atom stereocenters. The van der Waals surface area contributed by atoms with Gasteiger partial charge in [-0.2, -0.15) is 0 Å². The number of aliphatic hydroxyl groups is 2. The van der Waals surface area contributed by atoms with Crippen molar-refractivity contribution in [3.63, 3.8) is 0 Å². The van der Waals surface area contributed by atoms with Crippen LogP contribution in [0.3, 0.4) is 0 Å². The standard InChI is InChI=1S/C22H28N4O8S.ClH/c1-11(2)13-4-3-12(15(9-13)26-21(30)18(28)19(29)22(31)32)7-8-25-35(33,34)17-10-14(20(23)24)5-6-16(17)27;/h3-6,9-11,18-19,25,27-29H,7-8H2,1-2H3,(H3,23,24)(H,26,30)(H,31,32);1H. The highest BCUT2D eigenvalue weighted by Crippen LogP contribution is 2.25. The molecule has 2 aromatic rings. The predicted octanol–water partition coefficient (Wildman–Crippen LogP) is 0.487. The Kier molecular flexibility index (Phi) is 10.8. The first kappa shape index (κ1) is 30.8. The van der Waals surface area contributed by atoms with Crippen LogP contribution in [0.25, 0.3) is 0 Å². The fourth-order valence-electron chi connectivity index (χ4n) is 3.07. The maximum absolute atomic E-state index is 12.7. The number of hydrogen-bond donors (Lipinski definition) is 8. The van der Waals surface area contributed by atoms with Gasteiger partial charge in [0, 0.05) is 17.8 Å². The third-order valence-corrected chi connectivity index (χ3v) is 6.62. The average molecular weight is 545 g/mol. The first-order valence-electron chi connectivity index (χ1n) is 10.4. The van der Waals surface area contributed by atoms with E-state index >= 15 is 0 Å². The lowest BCUT2D eigenvalue weighted by Crippen LogP contribution is -2.42. The number of aromatic hydroxyl groups is 1. The van der Waals surface area contributed by atoms with Gasteiger partial charge in [-0.1, -0.05) is 26.0 Å². The van der Waals surface area contributed by atoms with E-state index < -0.39 is 44.8 Å². The molecule has 0 spiro atoms. The van der Waals surface area contributed by atoms with E-state index in [0.717, 1.165) is 17.7 Å². The van der Waals surface area contributed by atoms with Crippen molar-refractivity contribution in [3.05, 3.63) is 53.1 Å². The number of phenolic OH excluding ortho intramolecular Hbond substituents is 1. The number of carboxylic acids is 1. The summed E-state index contributed by atoms with van der Waals surface area (Å²) in [5.41, 5.74) is 6.97. The second-order valence-electron chi connectivity index (χ2n) is 8.03. The summed E-state index contributed by atoms with van der Waals surface area (Å²) in [4.78, 5) is 22.7. The van der Waals surface area contributed by atoms with Crippen LogP contribution in [-0.4, -0.2) is 65.3 Å². The van der Waals surface area contributed by atoms with Crippen molar-refractivity contribution in [2.45, 2.75) is 43.3 Å². The van der Waals surface area contributed by atoms with Gasteiger partial charge in [-0.15, -0.1) is 12.4 Å². The minimum Gasteiger partial charge on any atom is -0.507 e. The molecule has 198 valence electrons. The number of rotatable bonds is 11. The van der Waals surface area contributed by atoms with Gasteiger partial charge in [-0.25, -0.2) is 17.9 Å². The second-order valence-corrected chi connectivity index (χ2v) is 9.77. The smallest absolute Gasteiger partial charge is 0.335 e. The Morgan fingerprint density at radius 2 is 1.72 bits per heavy atom. The molecule has 0 bridgehead atoms. The Morgan fingerprint density at radius 3 is 2.28 bits per heavy atom. The van der Waals surface area contributed by atoms with Crippen LogP contribution in [-0.2, 0) is 26.0 Å². The maximum Gasteiger partial charge on any atom is 0.335 e. The summed E-state index contributed by atoms with van der Waals surface area (Å²) in [6, 6.07) is 8.51. The summed E-state index contributed by atoms with van der Waals surface area (Å²) in [6.07, 6.45) is -4.48. The van der Waals surface area contributed by atoms with Crippen LogP contribution in [0.4, 0.5) is 5.69 Å². The highest BCUT2D eigenvalue weighted by Gasteiger charge is 2.30. The topological polar surface area (TPSA) is 223 Å². The summed E-state index contributed by atoms with van der Waals surface area (Å²) >= 11 is 0.